The average molecular weight is 389 g/mol. The van der Waals surface area contributed by atoms with E-state index in [4.69, 9.17) is 4.98 Å². The van der Waals surface area contributed by atoms with E-state index in [1.807, 2.05) is 43.7 Å². The highest BCUT2D eigenvalue weighted by molar-refractivity contribution is 5.75. The van der Waals surface area contributed by atoms with Crippen LogP contribution in [-0.4, -0.2) is 40.0 Å². The molecule has 5 rings (SSSR count). The first kappa shape index (κ1) is 17.7. The zero-order chi connectivity index (χ0) is 19.6. The molecule has 0 amide bonds. The molecule has 0 radical (unpaired) electrons. The first-order chi connectivity index (χ1) is 14.3. The molecule has 29 heavy (non-hydrogen) atoms. The van der Waals surface area contributed by atoms with Gasteiger partial charge in [0.15, 0.2) is 11.5 Å². The van der Waals surface area contributed by atoms with Crippen molar-refractivity contribution < 1.29 is 0 Å². The molecule has 1 aliphatic carbocycles. The van der Waals surface area contributed by atoms with Gasteiger partial charge in [-0.05, 0) is 47.5 Å². The summed E-state index contributed by atoms with van der Waals surface area (Å²) in [6, 6.07) is 8.32. The number of nitrogens with one attached hydrogen (secondary N) is 1. The third-order valence-electron chi connectivity index (χ3n) is 5.52. The molecule has 0 atom stereocenters. The molecule has 9 heteroatoms. The SMILES string of the molecule is Cn1nnnc1-c1ccc(Nc2ncc3cnn(C4CCCCCC4)c3n2)cc1. The van der Waals surface area contributed by atoms with Crippen molar-refractivity contribution in [2.75, 3.05) is 5.32 Å². The van der Waals surface area contributed by atoms with E-state index in [2.05, 4.69) is 35.6 Å². The van der Waals surface area contributed by atoms with Crippen molar-refractivity contribution in [2.24, 2.45) is 7.05 Å². The third kappa shape index (κ3) is 3.55. The molecule has 1 aliphatic rings. The summed E-state index contributed by atoms with van der Waals surface area (Å²) < 4.78 is 3.74. The van der Waals surface area contributed by atoms with Crippen molar-refractivity contribution in [1.29, 1.82) is 0 Å². The molecule has 9 nitrogen and oxygen atoms in total. The number of aromatic nitrogens is 8. The van der Waals surface area contributed by atoms with Crippen molar-refractivity contribution in [3.8, 4) is 11.4 Å². The Morgan fingerprint density at radius 2 is 1.79 bits per heavy atom. The lowest BCUT2D eigenvalue weighted by Crippen LogP contribution is -2.11. The molecule has 0 spiro atoms. The molecule has 1 N–H and O–H groups in total. The van der Waals surface area contributed by atoms with Crippen LogP contribution in [0.1, 0.15) is 44.6 Å². The summed E-state index contributed by atoms with van der Waals surface area (Å²) in [4.78, 5) is 9.22. The van der Waals surface area contributed by atoms with Crippen LogP contribution in [0.5, 0.6) is 0 Å². The van der Waals surface area contributed by atoms with Gasteiger partial charge in [0.2, 0.25) is 5.95 Å². The summed E-state index contributed by atoms with van der Waals surface area (Å²) in [5.41, 5.74) is 2.76. The highest BCUT2D eigenvalue weighted by Crippen LogP contribution is 2.29. The minimum atomic E-state index is 0.428. The smallest absolute Gasteiger partial charge is 0.229 e. The van der Waals surface area contributed by atoms with E-state index >= 15 is 0 Å². The molecular weight excluding hydrogens is 366 g/mol. The van der Waals surface area contributed by atoms with E-state index in [9.17, 15) is 0 Å². The van der Waals surface area contributed by atoms with Gasteiger partial charge in [-0.1, -0.05) is 25.7 Å². The van der Waals surface area contributed by atoms with Crippen LogP contribution in [0.4, 0.5) is 11.6 Å². The fourth-order valence-corrected chi connectivity index (χ4v) is 3.97. The van der Waals surface area contributed by atoms with E-state index in [1.165, 1.54) is 38.5 Å². The summed E-state index contributed by atoms with van der Waals surface area (Å²) in [6.07, 6.45) is 11.2. The number of hydrogen-bond acceptors (Lipinski definition) is 7. The van der Waals surface area contributed by atoms with Crippen LogP contribution in [0.25, 0.3) is 22.4 Å². The number of anilines is 2. The van der Waals surface area contributed by atoms with Crippen LogP contribution in [0, 0.1) is 0 Å². The Bertz CT molecular complexity index is 1100. The van der Waals surface area contributed by atoms with Crippen LogP contribution < -0.4 is 5.32 Å². The second-order valence-electron chi connectivity index (χ2n) is 7.54. The zero-order valence-electron chi connectivity index (χ0n) is 16.4. The predicted octanol–water partition coefficient (Wildman–Crippen LogP) is 3.66. The molecule has 3 heterocycles. The van der Waals surface area contributed by atoms with Gasteiger partial charge in [0.1, 0.15) is 0 Å². The van der Waals surface area contributed by atoms with Gasteiger partial charge in [0, 0.05) is 24.5 Å². The lowest BCUT2D eigenvalue weighted by Gasteiger charge is -2.15. The second-order valence-corrected chi connectivity index (χ2v) is 7.54. The van der Waals surface area contributed by atoms with Crippen LogP contribution in [-0.2, 0) is 7.05 Å². The number of benzene rings is 1. The maximum Gasteiger partial charge on any atom is 0.229 e. The number of nitrogens with zero attached hydrogens (tertiary/aromatic N) is 8. The first-order valence-corrected chi connectivity index (χ1v) is 10.1. The van der Waals surface area contributed by atoms with Crippen molar-refractivity contribution in [3.05, 3.63) is 36.7 Å². The number of hydrogen-bond donors (Lipinski definition) is 1. The Hall–Kier alpha value is -3.36. The molecule has 0 aliphatic heterocycles. The van der Waals surface area contributed by atoms with E-state index in [-0.39, 0.29) is 0 Å². The number of tetrazole rings is 1. The summed E-state index contributed by atoms with van der Waals surface area (Å²) in [5, 5.41) is 20.5. The van der Waals surface area contributed by atoms with Crippen LogP contribution in [0.3, 0.4) is 0 Å². The van der Waals surface area contributed by atoms with Crippen molar-refractivity contribution in [2.45, 2.75) is 44.6 Å². The van der Waals surface area contributed by atoms with Gasteiger partial charge in [-0.2, -0.15) is 10.1 Å². The Labute approximate surface area is 168 Å². The fraction of sp³-hybridized carbons (Fsp3) is 0.400. The van der Waals surface area contributed by atoms with E-state index in [0.29, 0.717) is 12.0 Å². The average Bonchev–Trinajstić information content (AvgIpc) is 3.26. The molecule has 148 valence electrons. The van der Waals surface area contributed by atoms with Crippen LogP contribution in [0.2, 0.25) is 0 Å². The normalized spacial score (nSPS) is 15.5. The highest BCUT2D eigenvalue weighted by atomic mass is 15.5. The standard InChI is InChI=1S/C20H23N9/c1-28-19(25-26-27-28)14-8-10-16(11-9-14)23-20-21-12-15-13-22-29(18(15)24-20)17-6-4-2-3-5-7-17/h8-13,17H,2-7H2,1H3,(H,21,23,24). The van der Waals surface area contributed by atoms with Crippen molar-refractivity contribution in [3.63, 3.8) is 0 Å². The molecule has 3 aromatic heterocycles. The maximum absolute atomic E-state index is 4.76. The third-order valence-corrected chi connectivity index (χ3v) is 5.52. The molecule has 0 saturated heterocycles. The van der Waals surface area contributed by atoms with E-state index in [1.54, 1.807) is 4.68 Å². The molecule has 0 unspecified atom stereocenters. The van der Waals surface area contributed by atoms with Gasteiger partial charge in [-0.25, -0.2) is 14.3 Å². The minimum absolute atomic E-state index is 0.428. The lowest BCUT2D eigenvalue weighted by atomic mass is 10.1. The van der Waals surface area contributed by atoms with E-state index < -0.39 is 0 Å². The summed E-state index contributed by atoms with van der Waals surface area (Å²) in [6.45, 7) is 0. The largest absolute Gasteiger partial charge is 0.324 e. The fourth-order valence-electron chi connectivity index (χ4n) is 3.97. The molecular formula is C20H23N9. The summed E-state index contributed by atoms with van der Waals surface area (Å²) in [5.74, 6) is 1.29. The number of aryl methyl sites for hydroxylation is 1. The Morgan fingerprint density at radius 1 is 1.00 bits per heavy atom. The van der Waals surface area contributed by atoms with Gasteiger partial charge in [-0.3, -0.25) is 0 Å². The second kappa shape index (κ2) is 7.57. The van der Waals surface area contributed by atoms with Gasteiger partial charge in [0.05, 0.1) is 17.6 Å². The topological polar surface area (TPSA) is 99.2 Å². The maximum atomic E-state index is 4.76. The molecule has 1 aromatic carbocycles. The molecule has 4 aromatic rings. The Morgan fingerprint density at radius 3 is 2.52 bits per heavy atom. The van der Waals surface area contributed by atoms with Gasteiger partial charge in [-0.15, -0.1) is 5.10 Å². The van der Waals surface area contributed by atoms with E-state index in [0.717, 1.165) is 28.1 Å². The van der Waals surface area contributed by atoms with Crippen molar-refractivity contribution in [1.82, 2.24) is 40.0 Å². The lowest BCUT2D eigenvalue weighted by molar-refractivity contribution is 0.415. The van der Waals surface area contributed by atoms with Crippen LogP contribution >= 0.6 is 0 Å². The number of rotatable bonds is 4. The summed E-state index contributed by atoms with van der Waals surface area (Å²) in [7, 11) is 1.82. The van der Waals surface area contributed by atoms with Gasteiger partial charge < -0.3 is 5.32 Å². The van der Waals surface area contributed by atoms with Crippen LogP contribution in [0.15, 0.2) is 36.7 Å². The highest BCUT2D eigenvalue weighted by Gasteiger charge is 2.18. The minimum Gasteiger partial charge on any atom is -0.324 e. The molecule has 1 fully saturated rings. The van der Waals surface area contributed by atoms with Gasteiger partial charge >= 0.3 is 0 Å². The summed E-state index contributed by atoms with van der Waals surface area (Å²) >= 11 is 0. The predicted molar refractivity (Wildman–Crippen MR) is 110 cm³/mol. The first-order valence-electron chi connectivity index (χ1n) is 10.1. The Balaban J connectivity index is 1.39. The number of fused-ring (bicyclic) bond motifs is 1. The monoisotopic (exact) mass is 389 g/mol. The zero-order valence-corrected chi connectivity index (χ0v) is 16.4. The Kier molecular flexibility index (Phi) is 4.63. The van der Waals surface area contributed by atoms with Crippen molar-refractivity contribution >= 4 is 22.7 Å². The molecule has 0 bridgehead atoms. The quantitative estimate of drug-likeness (QED) is 0.532. The van der Waals surface area contributed by atoms with Gasteiger partial charge in [0.25, 0.3) is 0 Å². The molecule has 1 saturated carbocycles.